The van der Waals surface area contributed by atoms with E-state index in [-0.39, 0.29) is 18.3 Å². The first-order valence-electron chi connectivity index (χ1n) is 8.88. The van der Waals surface area contributed by atoms with E-state index in [4.69, 9.17) is 0 Å². The molecule has 0 radical (unpaired) electrons. The second-order valence-electron chi connectivity index (χ2n) is 6.56. The van der Waals surface area contributed by atoms with E-state index in [1.807, 2.05) is 28.7 Å². The fourth-order valence-corrected chi connectivity index (χ4v) is 4.95. The Morgan fingerprint density at radius 2 is 2.17 bits per heavy atom. The molecule has 3 rings (SSSR count). The van der Waals surface area contributed by atoms with E-state index in [9.17, 15) is 4.79 Å². The minimum Gasteiger partial charge on any atom is -0.339 e. The number of nitrogens with one attached hydrogen (secondary N) is 1. The molecular weight excluding hydrogens is 344 g/mol. The van der Waals surface area contributed by atoms with Crippen LogP contribution in [0.15, 0.2) is 18.5 Å². The van der Waals surface area contributed by atoms with E-state index in [0.717, 1.165) is 51.2 Å². The summed E-state index contributed by atoms with van der Waals surface area (Å²) in [5.41, 5.74) is -0.486. The lowest BCUT2D eigenvalue weighted by atomic mass is 9.86. The van der Waals surface area contributed by atoms with Crippen LogP contribution in [0, 0.1) is 0 Å². The van der Waals surface area contributed by atoms with Gasteiger partial charge in [-0.1, -0.05) is 13.3 Å². The number of carbonyl (C=O) groups excluding carboxylic acids is 1. The Kier molecular flexibility index (Phi) is 7.44. The van der Waals surface area contributed by atoms with E-state index < -0.39 is 5.54 Å². The number of halogens is 1. The Morgan fingerprint density at radius 1 is 1.38 bits per heavy atom. The van der Waals surface area contributed by atoms with E-state index in [0.29, 0.717) is 5.25 Å². The van der Waals surface area contributed by atoms with E-state index >= 15 is 0 Å². The SMILES string of the molecule is CCSC1CCCCN(C(=O)C2(n3cccn3)CCNCC2)C1.Cl. The van der Waals surface area contributed by atoms with Crippen molar-refractivity contribution in [2.24, 2.45) is 0 Å². The number of likely N-dealkylation sites (tertiary alicyclic amines) is 1. The summed E-state index contributed by atoms with van der Waals surface area (Å²) in [5.74, 6) is 1.41. The maximum absolute atomic E-state index is 13.5. The first kappa shape index (κ1) is 19.6. The highest BCUT2D eigenvalue weighted by Crippen LogP contribution is 2.31. The van der Waals surface area contributed by atoms with Crippen molar-refractivity contribution in [2.45, 2.75) is 49.8 Å². The topological polar surface area (TPSA) is 50.2 Å². The summed E-state index contributed by atoms with van der Waals surface area (Å²) in [4.78, 5) is 15.6. The number of hydrogen-bond acceptors (Lipinski definition) is 4. The highest BCUT2D eigenvalue weighted by Gasteiger charge is 2.44. The molecule has 2 saturated heterocycles. The molecule has 0 saturated carbocycles. The van der Waals surface area contributed by atoms with Crippen LogP contribution < -0.4 is 5.32 Å². The summed E-state index contributed by atoms with van der Waals surface area (Å²) in [5, 5.41) is 8.41. The molecule has 1 atom stereocenters. The Morgan fingerprint density at radius 3 is 2.83 bits per heavy atom. The molecule has 2 aliphatic rings. The van der Waals surface area contributed by atoms with Crippen molar-refractivity contribution in [3.8, 4) is 0 Å². The Balaban J connectivity index is 0.00000208. The Labute approximate surface area is 155 Å². The normalized spacial score (nSPS) is 24.0. The van der Waals surface area contributed by atoms with Gasteiger partial charge in [0.15, 0.2) is 0 Å². The molecule has 3 heterocycles. The lowest BCUT2D eigenvalue weighted by Gasteiger charge is -2.40. The van der Waals surface area contributed by atoms with Crippen LogP contribution in [0.3, 0.4) is 0 Å². The number of piperidine rings is 1. The molecule has 2 fully saturated rings. The molecule has 1 aromatic heterocycles. The summed E-state index contributed by atoms with van der Waals surface area (Å²) < 4.78 is 1.92. The van der Waals surface area contributed by atoms with Crippen molar-refractivity contribution < 1.29 is 4.79 Å². The quantitative estimate of drug-likeness (QED) is 0.882. The number of aromatic nitrogens is 2. The van der Waals surface area contributed by atoms with E-state index in [2.05, 4.69) is 22.2 Å². The van der Waals surface area contributed by atoms with Crippen molar-refractivity contribution >= 4 is 30.1 Å². The maximum atomic E-state index is 13.5. The predicted molar refractivity (Wildman–Crippen MR) is 102 cm³/mol. The molecule has 0 aromatic carbocycles. The number of thioether (sulfide) groups is 1. The lowest BCUT2D eigenvalue weighted by molar-refractivity contribution is -0.143. The maximum Gasteiger partial charge on any atom is 0.250 e. The predicted octanol–water partition coefficient (Wildman–Crippen LogP) is 2.52. The number of nitrogens with zero attached hydrogens (tertiary/aromatic N) is 3. The zero-order chi connectivity index (χ0) is 16.1. The van der Waals surface area contributed by atoms with Crippen molar-refractivity contribution in [3.05, 3.63) is 18.5 Å². The third-order valence-electron chi connectivity index (χ3n) is 5.09. The minimum atomic E-state index is -0.486. The van der Waals surface area contributed by atoms with Gasteiger partial charge >= 0.3 is 0 Å². The Hall–Kier alpha value is -0.720. The lowest BCUT2D eigenvalue weighted by Crippen LogP contribution is -2.56. The van der Waals surface area contributed by atoms with E-state index in [1.54, 1.807) is 6.20 Å². The molecule has 0 spiro atoms. The van der Waals surface area contributed by atoms with Gasteiger partial charge in [-0.15, -0.1) is 12.4 Å². The van der Waals surface area contributed by atoms with Crippen LogP contribution in [0.1, 0.15) is 39.0 Å². The van der Waals surface area contributed by atoms with Crippen LogP contribution in [0.5, 0.6) is 0 Å². The second kappa shape index (κ2) is 9.11. The second-order valence-corrected chi connectivity index (χ2v) is 8.13. The summed E-state index contributed by atoms with van der Waals surface area (Å²) >= 11 is 2.00. The summed E-state index contributed by atoms with van der Waals surface area (Å²) in [6.45, 7) is 5.77. The third-order valence-corrected chi connectivity index (χ3v) is 6.28. The highest BCUT2D eigenvalue weighted by atomic mass is 35.5. The molecule has 136 valence electrons. The number of rotatable bonds is 4. The zero-order valence-corrected chi connectivity index (χ0v) is 16.1. The molecule has 0 bridgehead atoms. The summed E-state index contributed by atoms with van der Waals surface area (Å²) in [6, 6.07) is 1.93. The van der Waals surface area contributed by atoms with Gasteiger partial charge in [-0.3, -0.25) is 9.48 Å². The van der Waals surface area contributed by atoms with Gasteiger partial charge < -0.3 is 10.2 Å². The fourth-order valence-electron chi connectivity index (χ4n) is 3.86. The van der Waals surface area contributed by atoms with Crippen LogP contribution in [0.25, 0.3) is 0 Å². The molecule has 1 unspecified atom stereocenters. The van der Waals surface area contributed by atoms with Gasteiger partial charge in [0, 0.05) is 30.7 Å². The smallest absolute Gasteiger partial charge is 0.250 e. The van der Waals surface area contributed by atoms with Crippen LogP contribution in [-0.2, 0) is 10.3 Å². The van der Waals surface area contributed by atoms with Crippen LogP contribution in [-0.4, -0.2) is 57.8 Å². The number of carbonyl (C=O) groups is 1. The summed E-state index contributed by atoms with van der Waals surface area (Å²) in [6.07, 6.45) is 9.00. The molecule has 0 aliphatic carbocycles. The fraction of sp³-hybridized carbons (Fsp3) is 0.765. The van der Waals surface area contributed by atoms with Gasteiger partial charge in [0.2, 0.25) is 0 Å². The van der Waals surface area contributed by atoms with Crippen LogP contribution in [0.4, 0.5) is 0 Å². The van der Waals surface area contributed by atoms with Crippen LogP contribution >= 0.6 is 24.2 Å². The average molecular weight is 373 g/mol. The van der Waals surface area contributed by atoms with Gasteiger partial charge in [-0.25, -0.2) is 0 Å². The molecular formula is C17H29ClN4OS. The standard InChI is InChI=1S/C17H28N4OS.ClH/c1-2-23-15-6-3-4-12-20(14-15)16(22)17(7-10-18-11-8-17)21-13-5-9-19-21;/h5,9,13,15,18H,2-4,6-8,10-12,14H2,1H3;1H. The van der Waals surface area contributed by atoms with Gasteiger partial charge in [0.25, 0.3) is 5.91 Å². The zero-order valence-electron chi connectivity index (χ0n) is 14.4. The minimum absolute atomic E-state index is 0. The largest absolute Gasteiger partial charge is 0.339 e. The van der Waals surface area contributed by atoms with Gasteiger partial charge in [0.1, 0.15) is 5.54 Å². The first-order valence-corrected chi connectivity index (χ1v) is 9.93. The number of amides is 1. The Bertz CT molecular complexity index is 505. The molecule has 5 nitrogen and oxygen atoms in total. The molecule has 1 N–H and O–H groups in total. The van der Waals surface area contributed by atoms with Crippen LogP contribution in [0.2, 0.25) is 0 Å². The van der Waals surface area contributed by atoms with E-state index in [1.165, 1.54) is 12.8 Å². The van der Waals surface area contributed by atoms with Crippen molar-refractivity contribution in [2.75, 3.05) is 31.9 Å². The molecule has 1 aromatic rings. The summed E-state index contributed by atoms with van der Waals surface area (Å²) in [7, 11) is 0. The molecule has 2 aliphatic heterocycles. The highest BCUT2D eigenvalue weighted by molar-refractivity contribution is 7.99. The molecule has 7 heteroatoms. The van der Waals surface area contributed by atoms with Gasteiger partial charge in [-0.05, 0) is 50.6 Å². The number of hydrogen-bond donors (Lipinski definition) is 1. The molecule has 1 amide bonds. The first-order chi connectivity index (χ1) is 11.3. The van der Waals surface area contributed by atoms with Crippen molar-refractivity contribution in [1.82, 2.24) is 20.0 Å². The third kappa shape index (κ3) is 4.09. The molecule has 24 heavy (non-hydrogen) atoms. The average Bonchev–Trinajstić information content (AvgIpc) is 3.03. The monoisotopic (exact) mass is 372 g/mol. The van der Waals surface area contributed by atoms with Gasteiger partial charge in [-0.2, -0.15) is 16.9 Å². The van der Waals surface area contributed by atoms with Crippen molar-refractivity contribution in [3.63, 3.8) is 0 Å². The van der Waals surface area contributed by atoms with Gasteiger partial charge in [0.05, 0.1) is 0 Å². The van der Waals surface area contributed by atoms with Crippen molar-refractivity contribution in [1.29, 1.82) is 0 Å².